The maximum Gasteiger partial charge on any atom is 0.333 e. The molecule has 4 heteroatoms. The third-order valence-corrected chi connectivity index (χ3v) is 4.43. The topological polar surface area (TPSA) is 44.8 Å². The van der Waals surface area contributed by atoms with Crippen molar-refractivity contribution in [3.8, 4) is 11.5 Å². The second-order valence-electron chi connectivity index (χ2n) is 6.11. The molecule has 1 aliphatic rings. The van der Waals surface area contributed by atoms with Crippen molar-refractivity contribution in [2.24, 2.45) is 0 Å². The highest BCUT2D eigenvalue weighted by atomic mass is 16.5. The Morgan fingerprint density at radius 2 is 1.58 bits per heavy atom. The van der Waals surface area contributed by atoms with Crippen molar-refractivity contribution in [2.45, 2.75) is 51.9 Å². The largest absolute Gasteiger partial charge is 0.497 e. The van der Waals surface area contributed by atoms with Crippen molar-refractivity contribution in [3.63, 3.8) is 0 Å². The highest BCUT2D eigenvalue weighted by Crippen LogP contribution is 2.30. The number of ether oxygens (including phenoxy) is 3. The van der Waals surface area contributed by atoms with E-state index in [1.54, 1.807) is 14.2 Å². The zero-order chi connectivity index (χ0) is 17.4. The average molecular weight is 332 g/mol. The molecule has 0 radical (unpaired) electrons. The summed E-state index contributed by atoms with van der Waals surface area (Å²) in [5, 5.41) is 0. The number of carbonyl (C=O) groups is 1. The zero-order valence-corrected chi connectivity index (χ0v) is 15.0. The third kappa shape index (κ3) is 5.02. The van der Waals surface area contributed by atoms with Crippen LogP contribution in [0.1, 0.15) is 51.0 Å². The van der Waals surface area contributed by atoms with Crippen LogP contribution in [-0.4, -0.2) is 26.8 Å². The van der Waals surface area contributed by atoms with Crippen LogP contribution in [0, 0.1) is 0 Å². The van der Waals surface area contributed by atoms with Crippen LogP contribution in [0.15, 0.2) is 29.3 Å². The normalized spacial score (nSPS) is 15.5. The number of hydrogen-bond donors (Lipinski definition) is 0. The fourth-order valence-corrected chi connectivity index (χ4v) is 3.20. The Hall–Kier alpha value is -1.97. The van der Waals surface area contributed by atoms with Gasteiger partial charge in [-0.05, 0) is 56.7 Å². The number of rotatable bonds is 6. The molecule has 2 rings (SSSR count). The SMILES string of the molecule is CCOC(=O)C1=C(Cc2cc(OC)cc(OC)c2)CCCCCC1. The van der Waals surface area contributed by atoms with Gasteiger partial charge in [-0.3, -0.25) is 0 Å². The minimum absolute atomic E-state index is 0.149. The predicted octanol–water partition coefficient (Wildman–Crippen LogP) is 4.46. The van der Waals surface area contributed by atoms with E-state index in [9.17, 15) is 4.79 Å². The van der Waals surface area contributed by atoms with E-state index >= 15 is 0 Å². The number of carbonyl (C=O) groups excluding carboxylic acids is 1. The van der Waals surface area contributed by atoms with Crippen LogP contribution in [-0.2, 0) is 16.0 Å². The van der Waals surface area contributed by atoms with Gasteiger partial charge in [0.25, 0.3) is 0 Å². The molecular weight excluding hydrogens is 304 g/mol. The van der Waals surface area contributed by atoms with Crippen LogP contribution in [0.2, 0.25) is 0 Å². The molecule has 0 saturated heterocycles. The number of allylic oxidation sites excluding steroid dienone is 1. The summed E-state index contributed by atoms with van der Waals surface area (Å²) in [7, 11) is 3.30. The maximum atomic E-state index is 12.4. The Bertz CT molecular complexity index is 567. The molecule has 0 fully saturated rings. The molecule has 0 unspecified atom stereocenters. The molecular formula is C20H28O4. The summed E-state index contributed by atoms with van der Waals surface area (Å²) in [6, 6.07) is 5.89. The Balaban J connectivity index is 2.33. The molecule has 0 atom stereocenters. The molecule has 24 heavy (non-hydrogen) atoms. The lowest BCUT2D eigenvalue weighted by Gasteiger charge is -2.18. The van der Waals surface area contributed by atoms with E-state index in [0.717, 1.165) is 54.7 Å². The number of hydrogen-bond acceptors (Lipinski definition) is 4. The Morgan fingerprint density at radius 1 is 0.958 bits per heavy atom. The second kappa shape index (κ2) is 9.36. The van der Waals surface area contributed by atoms with Crippen molar-refractivity contribution >= 4 is 5.97 Å². The summed E-state index contributed by atoms with van der Waals surface area (Å²) in [4.78, 5) is 12.4. The highest BCUT2D eigenvalue weighted by molar-refractivity contribution is 5.89. The van der Waals surface area contributed by atoms with E-state index < -0.39 is 0 Å². The highest BCUT2D eigenvalue weighted by Gasteiger charge is 2.19. The molecule has 1 aromatic carbocycles. The van der Waals surface area contributed by atoms with Crippen LogP contribution in [0.5, 0.6) is 11.5 Å². The van der Waals surface area contributed by atoms with E-state index in [-0.39, 0.29) is 5.97 Å². The zero-order valence-electron chi connectivity index (χ0n) is 15.0. The number of benzene rings is 1. The fraction of sp³-hybridized carbons (Fsp3) is 0.550. The van der Waals surface area contributed by atoms with Crippen molar-refractivity contribution in [2.75, 3.05) is 20.8 Å². The van der Waals surface area contributed by atoms with Crippen LogP contribution < -0.4 is 9.47 Å². The van der Waals surface area contributed by atoms with Crippen LogP contribution in [0.3, 0.4) is 0 Å². The van der Waals surface area contributed by atoms with E-state index in [4.69, 9.17) is 14.2 Å². The maximum absolute atomic E-state index is 12.4. The first-order valence-corrected chi connectivity index (χ1v) is 8.78. The molecule has 0 saturated carbocycles. The summed E-state index contributed by atoms with van der Waals surface area (Å²) in [6.07, 6.45) is 7.09. The van der Waals surface area contributed by atoms with Crippen LogP contribution in [0.4, 0.5) is 0 Å². The van der Waals surface area contributed by atoms with Gasteiger partial charge < -0.3 is 14.2 Å². The molecule has 0 aromatic heterocycles. The van der Waals surface area contributed by atoms with Crippen molar-refractivity contribution in [1.82, 2.24) is 0 Å². The quantitative estimate of drug-likeness (QED) is 0.722. The van der Waals surface area contributed by atoms with E-state index in [1.807, 2.05) is 25.1 Å². The van der Waals surface area contributed by atoms with Gasteiger partial charge in [0.05, 0.1) is 20.8 Å². The molecule has 0 aliphatic heterocycles. The summed E-state index contributed by atoms with van der Waals surface area (Å²) < 4.78 is 16.0. The van der Waals surface area contributed by atoms with Gasteiger partial charge in [-0.2, -0.15) is 0 Å². The summed E-state index contributed by atoms with van der Waals surface area (Å²) in [5.41, 5.74) is 3.17. The number of esters is 1. The smallest absolute Gasteiger partial charge is 0.333 e. The molecule has 1 aliphatic carbocycles. The molecule has 1 aromatic rings. The van der Waals surface area contributed by atoms with Crippen molar-refractivity contribution in [1.29, 1.82) is 0 Å². The summed E-state index contributed by atoms with van der Waals surface area (Å²) >= 11 is 0. The van der Waals surface area contributed by atoms with Gasteiger partial charge in [-0.15, -0.1) is 0 Å². The standard InChI is InChI=1S/C20H28O4/c1-4-24-20(21)19-10-8-6-5-7-9-16(19)11-15-12-17(22-2)14-18(13-15)23-3/h12-14H,4-11H2,1-3H3. The molecule has 0 N–H and O–H groups in total. The van der Waals surface area contributed by atoms with Crippen LogP contribution >= 0.6 is 0 Å². The first-order chi connectivity index (χ1) is 11.7. The monoisotopic (exact) mass is 332 g/mol. The van der Waals surface area contributed by atoms with Gasteiger partial charge in [0.2, 0.25) is 0 Å². The minimum atomic E-state index is -0.149. The molecule has 0 spiro atoms. The third-order valence-electron chi connectivity index (χ3n) is 4.43. The van der Waals surface area contributed by atoms with Gasteiger partial charge in [-0.1, -0.05) is 18.4 Å². The molecule has 0 amide bonds. The van der Waals surface area contributed by atoms with Crippen LogP contribution in [0.25, 0.3) is 0 Å². The summed E-state index contributed by atoms with van der Waals surface area (Å²) in [6.45, 7) is 2.27. The van der Waals surface area contributed by atoms with Gasteiger partial charge in [-0.25, -0.2) is 4.79 Å². The lowest BCUT2D eigenvalue weighted by Crippen LogP contribution is -2.13. The van der Waals surface area contributed by atoms with Gasteiger partial charge in [0, 0.05) is 11.6 Å². The lowest BCUT2D eigenvalue weighted by molar-refractivity contribution is -0.138. The van der Waals surface area contributed by atoms with Gasteiger partial charge >= 0.3 is 5.97 Å². The summed E-state index contributed by atoms with van der Waals surface area (Å²) in [5.74, 6) is 1.39. The lowest BCUT2D eigenvalue weighted by atomic mass is 9.89. The van der Waals surface area contributed by atoms with Gasteiger partial charge in [0.15, 0.2) is 0 Å². The second-order valence-corrected chi connectivity index (χ2v) is 6.11. The first-order valence-electron chi connectivity index (χ1n) is 8.78. The molecule has 4 nitrogen and oxygen atoms in total. The van der Waals surface area contributed by atoms with Crippen molar-refractivity contribution < 1.29 is 19.0 Å². The van der Waals surface area contributed by atoms with E-state index in [2.05, 4.69) is 0 Å². The Kier molecular flexibility index (Phi) is 7.16. The van der Waals surface area contributed by atoms with E-state index in [0.29, 0.717) is 6.61 Å². The Labute approximate surface area is 144 Å². The molecule has 132 valence electrons. The molecule has 0 bridgehead atoms. The van der Waals surface area contributed by atoms with Crippen molar-refractivity contribution in [3.05, 3.63) is 34.9 Å². The van der Waals surface area contributed by atoms with E-state index in [1.165, 1.54) is 18.4 Å². The average Bonchev–Trinajstić information content (AvgIpc) is 2.57. The number of methoxy groups -OCH3 is 2. The van der Waals surface area contributed by atoms with Gasteiger partial charge in [0.1, 0.15) is 11.5 Å². The fourth-order valence-electron chi connectivity index (χ4n) is 3.20. The Morgan fingerprint density at radius 3 is 2.17 bits per heavy atom. The predicted molar refractivity (Wildman–Crippen MR) is 94.6 cm³/mol. The first kappa shape index (κ1) is 18.4. The minimum Gasteiger partial charge on any atom is -0.497 e. The molecule has 0 heterocycles.